The number of nitrogens with two attached hydrogens (primary N) is 1. The van der Waals surface area contributed by atoms with Crippen molar-refractivity contribution in [1.29, 1.82) is 0 Å². The zero-order valence-electron chi connectivity index (χ0n) is 14.8. The molecule has 0 bridgehead atoms. The molecule has 3 heterocycles. The van der Waals surface area contributed by atoms with Gasteiger partial charge in [0.15, 0.2) is 11.6 Å². The number of nitrogens with zero attached hydrogens (tertiary/aromatic N) is 4. The van der Waals surface area contributed by atoms with Crippen LogP contribution in [0.2, 0.25) is 0 Å². The van der Waals surface area contributed by atoms with Crippen molar-refractivity contribution in [2.75, 3.05) is 11.2 Å². The molecule has 0 aliphatic carbocycles. The van der Waals surface area contributed by atoms with Gasteiger partial charge in [-0.3, -0.25) is 25.6 Å². The molecule has 10 heteroatoms. The number of nitrogen functional groups attached to an aromatic ring is 1. The summed E-state index contributed by atoms with van der Waals surface area (Å²) < 4.78 is 6.78. The van der Waals surface area contributed by atoms with Crippen molar-refractivity contribution in [1.82, 2.24) is 25.4 Å². The van der Waals surface area contributed by atoms with Gasteiger partial charge in [0.05, 0.1) is 0 Å². The van der Waals surface area contributed by atoms with Crippen LogP contribution in [-0.2, 0) is 0 Å². The zero-order chi connectivity index (χ0) is 20.2. The first-order chi connectivity index (χ1) is 14.1. The Kier molecular flexibility index (Phi) is 5.16. The monoisotopic (exact) mass is 451 g/mol. The van der Waals surface area contributed by atoms with E-state index in [4.69, 9.17) is 10.5 Å². The molecule has 3 aromatic heterocycles. The lowest BCUT2D eigenvalue weighted by Gasteiger charge is -2.13. The molecule has 0 aliphatic rings. The van der Waals surface area contributed by atoms with E-state index < -0.39 is 5.91 Å². The summed E-state index contributed by atoms with van der Waals surface area (Å²) in [6, 6.07) is 12.4. The molecule has 0 aliphatic heterocycles. The number of hydrogen-bond acceptors (Lipinski definition) is 8. The summed E-state index contributed by atoms with van der Waals surface area (Å²) >= 11 is 3.49. The number of carbonyl (C=O) groups is 1. The van der Waals surface area contributed by atoms with Crippen LogP contribution in [0.3, 0.4) is 0 Å². The van der Waals surface area contributed by atoms with Gasteiger partial charge in [-0.1, -0.05) is 28.1 Å². The highest BCUT2D eigenvalue weighted by molar-refractivity contribution is 9.10. The van der Waals surface area contributed by atoms with Crippen molar-refractivity contribution in [3.05, 3.63) is 71.4 Å². The van der Waals surface area contributed by atoms with Crippen LogP contribution in [0.1, 0.15) is 10.5 Å². The lowest BCUT2D eigenvalue weighted by atomic mass is 10.2. The van der Waals surface area contributed by atoms with E-state index >= 15 is 0 Å². The van der Waals surface area contributed by atoms with E-state index in [9.17, 15) is 4.79 Å². The molecule has 0 unspecified atom stereocenters. The number of anilines is 2. The van der Waals surface area contributed by atoms with Gasteiger partial charge in [-0.25, -0.2) is 4.98 Å². The molecular formula is C19H14BrN7O2. The van der Waals surface area contributed by atoms with Crippen molar-refractivity contribution < 1.29 is 9.53 Å². The second kappa shape index (κ2) is 8.07. The molecule has 0 spiro atoms. The summed E-state index contributed by atoms with van der Waals surface area (Å²) in [5.74, 6) is 0.365. The number of hydrogen-bond donors (Lipinski definition) is 3. The number of fused-ring (bicyclic) bond motifs is 1. The van der Waals surface area contributed by atoms with Crippen LogP contribution in [0.25, 0.3) is 10.9 Å². The Labute approximate surface area is 173 Å². The van der Waals surface area contributed by atoms with Gasteiger partial charge in [-0.15, -0.1) is 0 Å². The van der Waals surface area contributed by atoms with Crippen molar-refractivity contribution in [3.8, 4) is 11.6 Å². The van der Waals surface area contributed by atoms with Gasteiger partial charge < -0.3 is 10.5 Å². The van der Waals surface area contributed by atoms with E-state index in [1.54, 1.807) is 30.5 Å². The molecule has 9 nitrogen and oxygen atoms in total. The van der Waals surface area contributed by atoms with Crippen molar-refractivity contribution >= 4 is 44.2 Å². The normalized spacial score (nSPS) is 10.5. The summed E-state index contributed by atoms with van der Waals surface area (Å²) in [6.07, 6.45) is 4.47. The van der Waals surface area contributed by atoms with E-state index in [2.05, 4.69) is 46.7 Å². The minimum atomic E-state index is -0.436. The minimum absolute atomic E-state index is 0.126. The van der Waals surface area contributed by atoms with Crippen LogP contribution in [0.15, 0.2) is 65.7 Å². The van der Waals surface area contributed by atoms with Crippen LogP contribution >= 0.6 is 15.9 Å². The van der Waals surface area contributed by atoms with Crippen molar-refractivity contribution in [3.63, 3.8) is 0 Å². The molecular weight excluding hydrogens is 438 g/mol. The Morgan fingerprint density at radius 2 is 1.86 bits per heavy atom. The number of rotatable bonds is 5. The van der Waals surface area contributed by atoms with Gasteiger partial charge in [0.1, 0.15) is 23.2 Å². The lowest BCUT2D eigenvalue weighted by molar-refractivity contribution is 0.0957. The highest BCUT2D eigenvalue weighted by Gasteiger charge is 2.14. The van der Waals surface area contributed by atoms with E-state index in [0.717, 1.165) is 9.86 Å². The molecule has 4 N–H and O–H groups in total. The predicted octanol–water partition coefficient (Wildman–Crippen LogP) is 3.31. The van der Waals surface area contributed by atoms with Gasteiger partial charge in [0.25, 0.3) is 5.91 Å². The summed E-state index contributed by atoms with van der Waals surface area (Å²) in [6.45, 7) is 0. The molecule has 1 amide bonds. The summed E-state index contributed by atoms with van der Waals surface area (Å²) in [5, 5.41) is 0.888. The molecule has 144 valence electrons. The highest BCUT2D eigenvalue weighted by atomic mass is 79.9. The van der Waals surface area contributed by atoms with E-state index in [1.807, 2.05) is 18.2 Å². The lowest BCUT2D eigenvalue weighted by Crippen LogP contribution is -2.30. The quantitative estimate of drug-likeness (QED) is 0.394. The smallest absolute Gasteiger partial charge is 0.288 e. The zero-order valence-corrected chi connectivity index (χ0v) is 16.4. The van der Waals surface area contributed by atoms with Crippen LogP contribution < -0.4 is 21.3 Å². The first-order valence-electron chi connectivity index (χ1n) is 8.42. The molecule has 0 radical (unpaired) electrons. The van der Waals surface area contributed by atoms with Crippen molar-refractivity contribution in [2.24, 2.45) is 0 Å². The predicted molar refractivity (Wildman–Crippen MR) is 111 cm³/mol. The first kappa shape index (κ1) is 18.6. The first-order valence-corrected chi connectivity index (χ1v) is 9.21. The number of hydrazine groups is 1. The summed E-state index contributed by atoms with van der Waals surface area (Å²) in [4.78, 5) is 28.6. The average molecular weight is 452 g/mol. The molecule has 4 rings (SSSR count). The molecule has 0 saturated carbocycles. The number of halogens is 1. The summed E-state index contributed by atoms with van der Waals surface area (Å²) in [5.41, 5.74) is 12.3. The maximum absolute atomic E-state index is 12.1. The Morgan fingerprint density at radius 3 is 2.69 bits per heavy atom. The fourth-order valence-electron chi connectivity index (χ4n) is 2.54. The standard InChI is InChI=1S/C19H14BrN7O2/c20-12-6-7-14(16-11(12)4-3-9-23-16)29-19-15(21)17(24-10-25-19)26-27-18(28)13-5-1-2-8-22-13/h1-10H,21H2,(H,27,28)(H,24,25,26). The fraction of sp³-hybridized carbons (Fsp3) is 0. The Bertz CT molecular complexity index is 1190. The molecule has 0 fully saturated rings. The molecule has 29 heavy (non-hydrogen) atoms. The second-order valence-corrected chi connectivity index (χ2v) is 6.64. The van der Waals surface area contributed by atoms with Crippen LogP contribution in [-0.4, -0.2) is 25.8 Å². The van der Waals surface area contributed by atoms with Gasteiger partial charge in [-0.05, 0) is 30.3 Å². The number of carbonyl (C=O) groups excluding carboxylic acids is 1. The highest BCUT2D eigenvalue weighted by Crippen LogP contribution is 2.35. The maximum Gasteiger partial charge on any atom is 0.288 e. The molecule has 0 saturated heterocycles. The minimum Gasteiger partial charge on any atom is -0.435 e. The van der Waals surface area contributed by atoms with Crippen LogP contribution in [0, 0.1) is 0 Å². The van der Waals surface area contributed by atoms with E-state index in [1.165, 1.54) is 12.5 Å². The Balaban J connectivity index is 1.56. The number of amides is 1. The fourth-order valence-corrected chi connectivity index (χ4v) is 2.99. The molecule has 4 aromatic rings. The van der Waals surface area contributed by atoms with E-state index in [0.29, 0.717) is 11.3 Å². The third kappa shape index (κ3) is 3.92. The number of pyridine rings is 2. The second-order valence-electron chi connectivity index (χ2n) is 5.78. The number of benzene rings is 1. The third-order valence-electron chi connectivity index (χ3n) is 3.93. The van der Waals surface area contributed by atoms with Gasteiger partial charge in [0, 0.05) is 22.3 Å². The molecule has 1 aromatic carbocycles. The number of ether oxygens (including phenoxy) is 1. The number of aromatic nitrogens is 4. The van der Waals surface area contributed by atoms with Crippen molar-refractivity contribution in [2.45, 2.75) is 0 Å². The SMILES string of the molecule is Nc1c(NNC(=O)c2ccccn2)ncnc1Oc1ccc(Br)c2cccnc12. The van der Waals surface area contributed by atoms with Crippen LogP contribution in [0.4, 0.5) is 11.5 Å². The Morgan fingerprint density at radius 1 is 1.00 bits per heavy atom. The largest absolute Gasteiger partial charge is 0.435 e. The summed E-state index contributed by atoms with van der Waals surface area (Å²) in [7, 11) is 0. The van der Waals surface area contributed by atoms with Crippen LogP contribution in [0.5, 0.6) is 11.6 Å². The average Bonchev–Trinajstić information content (AvgIpc) is 2.76. The van der Waals surface area contributed by atoms with Gasteiger partial charge in [-0.2, -0.15) is 4.98 Å². The topological polar surface area (TPSA) is 128 Å². The van der Waals surface area contributed by atoms with Gasteiger partial charge >= 0.3 is 0 Å². The molecule has 0 atom stereocenters. The third-order valence-corrected chi connectivity index (χ3v) is 4.62. The Hall–Kier alpha value is -3.79. The van der Waals surface area contributed by atoms with Gasteiger partial charge in [0.2, 0.25) is 5.88 Å². The number of nitrogens with one attached hydrogen (secondary N) is 2. The van der Waals surface area contributed by atoms with E-state index in [-0.39, 0.29) is 23.1 Å². The maximum atomic E-state index is 12.1.